The smallest absolute Gasteiger partial charge is 0.222 e. The number of benzene rings is 1. The summed E-state index contributed by atoms with van der Waals surface area (Å²) < 4.78 is 18.9. The molecule has 0 aliphatic carbocycles. The van der Waals surface area contributed by atoms with E-state index in [1.54, 1.807) is 18.3 Å². The molecular weight excluding hydrogens is 321 g/mol. The van der Waals surface area contributed by atoms with Gasteiger partial charge in [0.25, 0.3) is 0 Å². The molecule has 1 amide bonds. The maximum atomic E-state index is 13.2. The minimum Gasteiger partial charge on any atom is -0.493 e. The number of halogens is 1. The molecule has 6 heteroatoms. The van der Waals surface area contributed by atoms with Crippen LogP contribution in [0, 0.1) is 11.7 Å². The second-order valence-electron chi connectivity index (χ2n) is 6.58. The molecule has 1 aromatic heterocycles. The SMILES string of the molecule is O=C(CCCc1cn[nH]c1)N1CCCC(COc2cccc(F)c2)C1. The van der Waals surface area contributed by atoms with E-state index in [2.05, 4.69) is 10.2 Å². The summed E-state index contributed by atoms with van der Waals surface area (Å²) in [5.74, 6) is 0.757. The first-order chi connectivity index (χ1) is 12.2. The van der Waals surface area contributed by atoms with Gasteiger partial charge in [0.05, 0.1) is 12.8 Å². The zero-order chi connectivity index (χ0) is 17.5. The van der Waals surface area contributed by atoms with Crippen molar-refractivity contribution >= 4 is 5.91 Å². The van der Waals surface area contributed by atoms with Crippen LogP contribution in [0.5, 0.6) is 5.75 Å². The monoisotopic (exact) mass is 345 g/mol. The van der Waals surface area contributed by atoms with Gasteiger partial charge in [0.2, 0.25) is 5.91 Å². The molecule has 1 N–H and O–H groups in total. The van der Waals surface area contributed by atoms with Gasteiger partial charge < -0.3 is 9.64 Å². The zero-order valence-electron chi connectivity index (χ0n) is 14.3. The number of aromatic nitrogens is 2. The highest BCUT2D eigenvalue weighted by Crippen LogP contribution is 2.20. The standard InChI is InChI=1S/C19H24FN3O2/c20-17-6-2-7-18(10-17)25-14-16-5-3-9-23(13-16)19(24)8-1-4-15-11-21-22-12-15/h2,6-7,10-12,16H,1,3-5,8-9,13-14H2,(H,21,22). The van der Waals surface area contributed by atoms with E-state index in [4.69, 9.17) is 4.74 Å². The fraction of sp³-hybridized carbons (Fsp3) is 0.474. The van der Waals surface area contributed by atoms with Crippen molar-refractivity contribution in [3.8, 4) is 5.75 Å². The molecule has 1 fully saturated rings. The normalized spacial score (nSPS) is 17.5. The Labute approximate surface area is 147 Å². The minimum absolute atomic E-state index is 0.207. The summed E-state index contributed by atoms with van der Waals surface area (Å²) in [4.78, 5) is 14.3. The number of likely N-dealkylation sites (tertiary alicyclic amines) is 1. The molecule has 0 saturated carbocycles. The van der Waals surface area contributed by atoms with Crippen molar-refractivity contribution in [1.82, 2.24) is 15.1 Å². The van der Waals surface area contributed by atoms with Crippen LogP contribution in [0.2, 0.25) is 0 Å². The number of aryl methyl sites for hydroxylation is 1. The Morgan fingerprint density at radius 2 is 2.36 bits per heavy atom. The predicted molar refractivity (Wildman–Crippen MR) is 92.7 cm³/mol. The molecule has 1 saturated heterocycles. The Kier molecular flexibility index (Phi) is 6.04. The number of hydrogen-bond acceptors (Lipinski definition) is 3. The minimum atomic E-state index is -0.296. The van der Waals surface area contributed by atoms with Crippen molar-refractivity contribution in [3.05, 3.63) is 48.0 Å². The molecule has 2 heterocycles. The van der Waals surface area contributed by atoms with Crippen molar-refractivity contribution in [1.29, 1.82) is 0 Å². The molecule has 1 aliphatic heterocycles. The van der Waals surface area contributed by atoms with Crippen molar-refractivity contribution in [3.63, 3.8) is 0 Å². The summed E-state index contributed by atoms with van der Waals surface area (Å²) in [5.41, 5.74) is 1.13. The Hall–Kier alpha value is -2.37. The third-order valence-corrected chi connectivity index (χ3v) is 4.56. The van der Waals surface area contributed by atoms with E-state index in [1.165, 1.54) is 12.1 Å². The zero-order valence-corrected chi connectivity index (χ0v) is 14.3. The number of H-pyrrole nitrogens is 1. The van der Waals surface area contributed by atoms with Crippen LogP contribution in [-0.4, -0.2) is 40.7 Å². The summed E-state index contributed by atoms with van der Waals surface area (Å²) in [6.07, 6.45) is 7.94. The summed E-state index contributed by atoms with van der Waals surface area (Å²) in [7, 11) is 0. The van der Waals surface area contributed by atoms with Crippen molar-refractivity contribution in [2.45, 2.75) is 32.1 Å². The van der Waals surface area contributed by atoms with Crippen molar-refractivity contribution in [2.24, 2.45) is 5.92 Å². The number of rotatable bonds is 7. The van der Waals surface area contributed by atoms with Gasteiger partial charge in [0, 0.05) is 37.7 Å². The van der Waals surface area contributed by atoms with E-state index >= 15 is 0 Å². The second-order valence-corrected chi connectivity index (χ2v) is 6.58. The molecule has 0 radical (unpaired) electrons. The lowest BCUT2D eigenvalue weighted by Gasteiger charge is -2.32. The van der Waals surface area contributed by atoms with Crippen LogP contribution in [0.1, 0.15) is 31.2 Å². The van der Waals surface area contributed by atoms with Crippen LogP contribution in [-0.2, 0) is 11.2 Å². The molecule has 0 bridgehead atoms. The lowest BCUT2D eigenvalue weighted by Crippen LogP contribution is -2.41. The maximum absolute atomic E-state index is 13.2. The van der Waals surface area contributed by atoms with Crippen molar-refractivity contribution in [2.75, 3.05) is 19.7 Å². The van der Waals surface area contributed by atoms with Crippen LogP contribution in [0.25, 0.3) is 0 Å². The molecule has 5 nitrogen and oxygen atoms in total. The van der Waals surface area contributed by atoms with Crippen molar-refractivity contribution < 1.29 is 13.9 Å². The number of piperidine rings is 1. The van der Waals surface area contributed by atoms with Gasteiger partial charge in [0.15, 0.2) is 0 Å². The number of ether oxygens (including phenoxy) is 1. The molecular formula is C19H24FN3O2. The first-order valence-corrected chi connectivity index (χ1v) is 8.84. The van der Waals surface area contributed by atoms with E-state index in [0.29, 0.717) is 24.7 Å². The van der Waals surface area contributed by atoms with E-state index < -0.39 is 0 Å². The van der Waals surface area contributed by atoms with Gasteiger partial charge in [-0.25, -0.2) is 4.39 Å². The molecule has 1 unspecified atom stereocenters. The fourth-order valence-electron chi connectivity index (χ4n) is 3.21. The van der Waals surface area contributed by atoms with Gasteiger partial charge >= 0.3 is 0 Å². The Bertz CT molecular complexity index is 675. The van der Waals surface area contributed by atoms with Crippen LogP contribution in [0.4, 0.5) is 4.39 Å². The average Bonchev–Trinajstić information content (AvgIpc) is 3.14. The van der Waals surface area contributed by atoms with Crippen LogP contribution in [0.15, 0.2) is 36.7 Å². The number of hydrogen-bond donors (Lipinski definition) is 1. The number of nitrogens with one attached hydrogen (secondary N) is 1. The number of aromatic amines is 1. The molecule has 2 aromatic rings. The second kappa shape index (κ2) is 8.65. The number of nitrogens with zero attached hydrogens (tertiary/aromatic N) is 2. The lowest BCUT2D eigenvalue weighted by molar-refractivity contribution is -0.133. The van der Waals surface area contributed by atoms with Crippen LogP contribution < -0.4 is 4.74 Å². The van der Waals surface area contributed by atoms with E-state index in [0.717, 1.165) is 44.3 Å². The highest BCUT2D eigenvalue weighted by molar-refractivity contribution is 5.76. The van der Waals surface area contributed by atoms with E-state index in [9.17, 15) is 9.18 Å². The summed E-state index contributed by atoms with van der Waals surface area (Å²) in [5, 5.41) is 6.70. The Balaban J connectivity index is 1.41. The molecule has 0 spiro atoms. The summed E-state index contributed by atoms with van der Waals surface area (Å²) in [6, 6.07) is 6.19. The third-order valence-electron chi connectivity index (χ3n) is 4.56. The summed E-state index contributed by atoms with van der Waals surface area (Å²) >= 11 is 0. The highest BCUT2D eigenvalue weighted by Gasteiger charge is 2.23. The van der Waals surface area contributed by atoms with Gasteiger partial charge in [-0.3, -0.25) is 9.89 Å². The first-order valence-electron chi connectivity index (χ1n) is 8.84. The number of amides is 1. The highest BCUT2D eigenvalue weighted by atomic mass is 19.1. The average molecular weight is 345 g/mol. The quantitative estimate of drug-likeness (QED) is 0.838. The van der Waals surface area contributed by atoms with Gasteiger partial charge in [-0.05, 0) is 43.4 Å². The molecule has 1 aromatic carbocycles. The molecule has 134 valence electrons. The first kappa shape index (κ1) is 17.5. The Morgan fingerprint density at radius 1 is 1.44 bits per heavy atom. The molecule has 1 aliphatic rings. The largest absolute Gasteiger partial charge is 0.493 e. The molecule has 3 rings (SSSR count). The number of carbonyl (C=O) groups is 1. The van der Waals surface area contributed by atoms with Gasteiger partial charge in [0.1, 0.15) is 11.6 Å². The third kappa shape index (κ3) is 5.31. The van der Waals surface area contributed by atoms with E-state index in [1.807, 2.05) is 11.1 Å². The lowest BCUT2D eigenvalue weighted by atomic mass is 9.98. The fourth-order valence-corrected chi connectivity index (χ4v) is 3.21. The number of carbonyl (C=O) groups excluding carboxylic acids is 1. The summed E-state index contributed by atoms with van der Waals surface area (Å²) in [6.45, 7) is 2.06. The molecule has 1 atom stereocenters. The van der Waals surface area contributed by atoms with Gasteiger partial charge in [-0.15, -0.1) is 0 Å². The van der Waals surface area contributed by atoms with Gasteiger partial charge in [-0.2, -0.15) is 5.10 Å². The van der Waals surface area contributed by atoms with Crippen LogP contribution >= 0.6 is 0 Å². The maximum Gasteiger partial charge on any atom is 0.222 e. The van der Waals surface area contributed by atoms with Gasteiger partial charge in [-0.1, -0.05) is 6.07 Å². The predicted octanol–water partition coefficient (Wildman–Crippen LogP) is 3.19. The van der Waals surface area contributed by atoms with E-state index in [-0.39, 0.29) is 11.7 Å². The Morgan fingerprint density at radius 3 is 3.16 bits per heavy atom. The van der Waals surface area contributed by atoms with Crippen LogP contribution in [0.3, 0.4) is 0 Å². The topological polar surface area (TPSA) is 58.2 Å². The molecule has 25 heavy (non-hydrogen) atoms.